The van der Waals surface area contributed by atoms with Gasteiger partial charge in [-0.1, -0.05) is 18.2 Å². The second kappa shape index (κ2) is 9.28. The van der Waals surface area contributed by atoms with Gasteiger partial charge in [-0.2, -0.15) is 0 Å². The molecule has 1 heterocycles. The van der Waals surface area contributed by atoms with Crippen molar-refractivity contribution in [1.29, 1.82) is 0 Å². The van der Waals surface area contributed by atoms with Crippen molar-refractivity contribution in [2.45, 2.75) is 19.3 Å². The van der Waals surface area contributed by atoms with Crippen LogP contribution >= 0.6 is 0 Å². The number of carbonyl (C=O) groups is 1. The first-order valence-electron chi connectivity index (χ1n) is 9.12. The van der Waals surface area contributed by atoms with Gasteiger partial charge in [0.15, 0.2) is 5.78 Å². The molecule has 0 spiro atoms. The summed E-state index contributed by atoms with van der Waals surface area (Å²) >= 11 is 0. The van der Waals surface area contributed by atoms with Gasteiger partial charge < -0.3 is 15.4 Å². The largest absolute Gasteiger partial charge is 0.387 e. The first kappa shape index (κ1) is 19.0. The molecule has 0 radical (unpaired) electrons. The van der Waals surface area contributed by atoms with Crippen LogP contribution in [0.4, 0.5) is 4.39 Å². The summed E-state index contributed by atoms with van der Waals surface area (Å²) < 4.78 is 18.3. The molecule has 1 aliphatic heterocycles. The van der Waals surface area contributed by atoms with Crippen molar-refractivity contribution in [3.8, 4) is 0 Å². The minimum atomic E-state index is -0.371. The Bertz CT molecular complexity index is 788. The van der Waals surface area contributed by atoms with Crippen molar-refractivity contribution in [2.75, 3.05) is 26.3 Å². The number of Topliss-reactive ketones (excluding diaryl/α,β-unsaturated/α-hetero) is 1. The number of aliphatic imine (C=N–C) groups is 1. The topological polar surface area (TPSA) is 67.9 Å². The summed E-state index contributed by atoms with van der Waals surface area (Å²) in [6.45, 7) is 3.33. The average Bonchev–Trinajstić information content (AvgIpc) is 2.65. The van der Waals surface area contributed by atoms with E-state index in [1.54, 1.807) is 0 Å². The van der Waals surface area contributed by atoms with Crippen molar-refractivity contribution in [1.82, 2.24) is 4.90 Å². The van der Waals surface area contributed by atoms with E-state index < -0.39 is 0 Å². The van der Waals surface area contributed by atoms with Crippen molar-refractivity contribution < 1.29 is 13.9 Å². The standard InChI is InChI=1S/C21H24FN3O2/c22-17-9-7-16(8-10-17)20(26)15-21(23)24-18-3-1-5-19(6-2-4-18)25-11-13-27-14-12-25/h1,4-10H,2-3,11-15H2,(H2,23,24)/b5-1?,18-4+,19-6+. The van der Waals surface area contributed by atoms with Gasteiger partial charge in [-0.3, -0.25) is 4.79 Å². The number of allylic oxidation sites excluding steroid dienone is 4. The van der Waals surface area contributed by atoms with Gasteiger partial charge in [0, 0.05) is 36.5 Å². The third-order valence-corrected chi connectivity index (χ3v) is 4.47. The van der Waals surface area contributed by atoms with E-state index in [1.807, 2.05) is 6.08 Å². The molecule has 1 aromatic rings. The molecular formula is C21H24FN3O2. The maximum absolute atomic E-state index is 13.0. The second-order valence-corrected chi connectivity index (χ2v) is 6.48. The summed E-state index contributed by atoms with van der Waals surface area (Å²) in [6.07, 6.45) is 9.79. The lowest BCUT2D eigenvalue weighted by Crippen LogP contribution is -2.35. The molecule has 2 N–H and O–H groups in total. The monoisotopic (exact) mass is 369 g/mol. The molecule has 1 aromatic carbocycles. The molecule has 5 nitrogen and oxygen atoms in total. The van der Waals surface area contributed by atoms with Crippen LogP contribution in [0.15, 0.2) is 65.0 Å². The van der Waals surface area contributed by atoms with Crippen molar-refractivity contribution in [3.05, 3.63) is 71.3 Å². The predicted molar refractivity (Wildman–Crippen MR) is 104 cm³/mol. The molecule has 0 atom stereocenters. The maximum Gasteiger partial charge on any atom is 0.170 e. The third kappa shape index (κ3) is 5.62. The Hall–Kier alpha value is -2.73. The number of halogens is 1. The van der Waals surface area contributed by atoms with Crippen LogP contribution in [0, 0.1) is 5.82 Å². The number of amidine groups is 1. The summed E-state index contributed by atoms with van der Waals surface area (Å²) in [5.74, 6) is -0.279. The van der Waals surface area contributed by atoms with Gasteiger partial charge in [0.05, 0.1) is 19.6 Å². The van der Waals surface area contributed by atoms with Gasteiger partial charge in [0.1, 0.15) is 11.7 Å². The number of rotatable bonds is 5. The van der Waals surface area contributed by atoms with Crippen molar-refractivity contribution in [3.63, 3.8) is 0 Å². The molecule has 0 amide bonds. The fourth-order valence-electron chi connectivity index (χ4n) is 3.04. The zero-order valence-corrected chi connectivity index (χ0v) is 15.2. The highest BCUT2D eigenvalue weighted by atomic mass is 19.1. The Balaban J connectivity index is 1.61. The SMILES string of the molecule is NC(CC(=O)c1ccc(F)cc1)=N/C1=C/C/C=C(/N2CCOCC2)C=CC1. The summed E-state index contributed by atoms with van der Waals surface area (Å²) in [6, 6.07) is 5.45. The molecule has 0 aromatic heterocycles. The molecule has 6 heteroatoms. The lowest BCUT2D eigenvalue weighted by molar-refractivity contribution is 0.0552. The van der Waals surface area contributed by atoms with E-state index in [9.17, 15) is 9.18 Å². The number of ether oxygens (including phenoxy) is 1. The molecule has 1 saturated heterocycles. The summed E-state index contributed by atoms with van der Waals surface area (Å²) in [5, 5.41) is 0. The Kier molecular flexibility index (Phi) is 6.54. The smallest absolute Gasteiger partial charge is 0.170 e. The van der Waals surface area contributed by atoms with Gasteiger partial charge in [-0.25, -0.2) is 9.38 Å². The van der Waals surface area contributed by atoms with E-state index in [0.717, 1.165) is 38.4 Å². The third-order valence-electron chi connectivity index (χ3n) is 4.47. The lowest BCUT2D eigenvalue weighted by Gasteiger charge is -2.30. The molecule has 0 unspecified atom stereocenters. The molecule has 1 aliphatic carbocycles. The normalized spacial score (nSPS) is 22.3. The highest BCUT2D eigenvalue weighted by molar-refractivity contribution is 6.08. The Morgan fingerprint density at radius 2 is 1.93 bits per heavy atom. The summed E-state index contributed by atoms with van der Waals surface area (Å²) in [5.41, 5.74) is 8.44. The van der Waals surface area contributed by atoms with Gasteiger partial charge in [-0.05, 0) is 36.8 Å². The number of benzene rings is 1. The molecule has 1 fully saturated rings. The molecule has 27 heavy (non-hydrogen) atoms. The van der Waals surface area contributed by atoms with E-state index in [-0.39, 0.29) is 23.9 Å². The van der Waals surface area contributed by atoms with Gasteiger partial charge in [0.2, 0.25) is 0 Å². The van der Waals surface area contributed by atoms with Crippen LogP contribution in [-0.4, -0.2) is 42.8 Å². The highest BCUT2D eigenvalue weighted by Crippen LogP contribution is 2.17. The first-order valence-corrected chi connectivity index (χ1v) is 9.12. The number of ketones is 1. The molecule has 0 bridgehead atoms. The fraction of sp³-hybridized carbons (Fsp3) is 0.333. The average molecular weight is 369 g/mol. The predicted octanol–water partition coefficient (Wildman–Crippen LogP) is 3.21. The molecule has 142 valence electrons. The number of nitrogens with zero attached hydrogens (tertiary/aromatic N) is 2. The van der Waals surface area contributed by atoms with E-state index in [4.69, 9.17) is 10.5 Å². The molecule has 0 saturated carbocycles. The Labute approximate surface area is 158 Å². The summed E-state index contributed by atoms with van der Waals surface area (Å²) in [4.78, 5) is 18.9. The van der Waals surface area contributed by atoms with Gasteiger partial charge >= 0.3 is 0 Å². The first-order chi connectivity index (χ1) is 13.1. The molecule has 2 aliphatic rings. The second-order valence-electron chi connectivity index (χ2n) is 6.48. The lowest BCUT2D eigenvalue weighted by atomic mass is 10.1. The van der Waals surface area contributed by atoms with Crippen LogP contribution < -0.4 is 5.73 Å². The van der Waals surface area contributed by atoms with Crippen LogP contribution in [0.1, 0.15) is 29.6 Å². The highest BCUT2D eigenvalue weighted by Gasteiger charge is 2.12. The number of nitrogens with two attached hydrogens (primary N) is 1. The van der Waals surface area contributed by atoms with Gasteiger partial charge in [-0.15, -0.1) is 0 Å². The molecular weight excluding hydrogens is 345 g/mol. The van der Waals surface area contributed by atoms with Crippen LogP contribution in [0.5, 0.6) is 0 Å². The summed E-state index contributed by atoms with van der Waals surface area (Å²) in [7, 11) is 0. The zero-order valence-electron chi connectivity index (χ0n) is 15.2. The quantitative estimate of drug-likeness (QED) is 0.492. The van der Waals surface area contributed by atoms with Crippen molar-refractivity contribution in [2.24, 2.45) is 10.7 Å². The minimum absolute atomic E-state index is 0.0154. The van der Waals surface area contributed by atoms with Crippen LogP contribution in [0.2, 0.25) is 0 Å². The van der Waals surface area contributed by atoms with Crippen LogP contribution in [0.25, 0.3) is 0 Å². The number of hydrogen-bond acceptors (Lipinski definition) is 4. The van der Waals surface area contributed by atoms with Gasteiger partial charge in [0.25, 0.3) is 0 Å². The zero-order chi connectivity index (χ0) is 19.1. The van der Waals surface area contributed by atoms with Crippen LogP contribution in [-0.2, 0) is 4.74 Å². The molecule has 3 rings (SSSR count). The number of hydrogen-bond donors (Lipinski definition) is 1. The Morgan fingerprint density at radius 3 is 2.67 bits per heavy atom. The number of morpholine rings is 1. The van der Waals surface area contributed by atoms with E-state index in [2.05, 4.69) is 28.1 Å². The van der Waals surface area contributed by atoms with Crippen molar-refractivity contribution >= 4 is 11.6 Å². The maximum atomic E-state index is 13.0. The fourth-order valence-corrected chi connectivity index (χ4v) is 3.04. The van der Waals surface area contributed by atoms with Crippen LogP contribution in [0.3, 0.4) is 0 Å². The Morgan fingerprint density at radius 1 is 1.19 bits per heavy atom. The number of carbonyl (C=O) groups excluding carboxylic acids is 1. The minimum Gasteiger partial charge on any atom is -0.387 e. The van der Waals surface area contributed by atoms with E-state index >= 15 is 0 Å². The van der Waals surface area contributed by atoms with E-state index in [1.165, 1.54) is 30.0 Å². The van der Waals surface area contributed by atoms with E-state index in [0.29, 0.717) is 12.0 Å².